The molecule has 0 amide bonds. The van der Waals surface area contributed by atoms with Gasteiger partial charge in [-0.3, -0.25) is 9.36 Å². The molecule has 4 aromatic rings. The molecule has 0 radical (unpaired) electrons. The lowest BCUT2D eigenvalue weighted by atomic mass is 9.83. The largest absolute Gasteiger partial charge is 0.272 e. The third-order valence-electron chi connectivity index (χ3n) is 6.68. The van der Waals surface area contributed by atoms with E-state index in [0.717, 1.165) is 39.0 Å². The van der Waals surface area contributed by atoms with Crippen LogP contribution in [0.5, 0.6) is 0 Å². The summed E-state index contributed by atoms with van der Waals surface area (Å²) in [6, 6.07) is 25.3. The van der Waals surface area contributed by atoms with Gasteiger partial charge in [0.25, 0.3) is 5.56 Å². The molecule has 34 heavy (non-hydrogen) atoms. The van der Waals surface area contributed by atoms with Crippen LogP contribution in [0, 0.1) is 6.92 Å². The van der Waals surface area contributed by atoms with Crippen molar-refractivity contribution in [1.82, 2.24) is 4.57 Å². The number of allylic oxidation sites excluding steroid dienone is 1. The maximum atomic E-state index is 13.8. The molecule has 0 bridgehead atoms. The Balaban J connectivity index is 1.59. The first-order valence-corrected chi connectivity index (χ1v) is 13.5. The molecular weight excluding hydrogens is 456 g/mol. The van der Waals surface area contributed by atoms with Crippen molar-refractivity contribution in [2.45, 2.75) is 30.7 Å². The van der Waals surface area contributed by atoms with Crippen LogP contribution in [0.2, 0.25) is 0 Å². The second kappa shape index (κ2) is 8.57. The van der Waals surface area contributed by atoms with Gasteiger partial charge in [0.15, 0.2) is 4.80 Å². The number of nitrogens with zero attached hydrogens (tertiary/aromatic N) is 2. The van der Waals surface area contributed by atoms with Gasteiger partial charge in [0.05, 0.1) is 16.3 Å². The predicted molar refractivity (Wildman–Crippen MR) is 142 cm³/mol. The number of rotatable bonds is 3. The molecule has 2 aliphatic rings. The fourth-order valence-electron chi connectivity index (χ4n) is 4.92. The van der Waals surface area contributed by atoms with Crippen molar-refractivity contribution < 1.29 is 0 Å². The molecule has 0 saturated heterocycles. The molecule has 3 aromatic carbocycles. The summed E-state index contributed by atoms with van der Waals surface area (Å²) >= 11 is 3.20. The third kappa shape index (κ3) is 3.60. The zero-order valence-electron chi connectivity index (χ0n) is 19.1. The Morgan fingerprint density at radius 3 is 2.53 bits per heavy atom. The third-order valence-corrected chi connectivity index (χ3v) is 8.41. The summed E-state index contributed by atoms with van der Waals surface area (Å²) in [4.78, 5) is 20.8. The summed E-state index contributed by atoms with van der Waals surface area (Å²) < 4.78 is 2.64. The molecule has 0 saturated carbocycles. The Hall–Kier alpha value is -3.15. The zero-order valence-corrected chi connectivity index (χ0v) is 20.7. The van der Waals surface area contributed by atoms with Crippen LogP contribution in [0.1, 0.15) is 40.3 Å². The summed E-state index contributed by atoms with van der Waals surface area (Å²) in [6.07, 6.45) is 5.95. The standard InChI is InChI=1S/C29H24N2OS2/c1-18-7-11-21(12-8-18)27-24-16-13-20-5-3-4-6-23(20)26(24)30-29-31(27)28(32)25(34-29)17-19-9-14-22(33-2)15-10-19/h3-12,14-15,17,27H,13,16H2,1-2H3/b25-17-. The first-order valence-electron chi connectivity index (χ1n) is 11.5. The summed E-state index contributed by atoms with van der Waals surface area (Å²) in [5, 5.41) is 0. The van der Waals surface area contributed by atoms with Crippen molar-refractivity contribution in [2.75, 3.05) is 6.26 Å². The van der Waals surface area contributed by atoms with Crippen molar-refractivity contribution >= 4 is 34.9 Å². The predicted octanol–water partition coefficient (Wildman–Crippen LogP) is 5.35. The number of aryl methyl sites for hydroxylation is 2. The van der Waals surface area contributed by atoms with Crippen LogP contribution in [0.4, 0.5) is 0 Å². The fourth-order valence-corrected chi connectivity index (χ4v) is 6.33. The molecule has 6 rings (SSSR count). The van der Waals surface area contributed by atoms with E-state index >= 15 is 0 Å². The Morgan fingerprint density at radius 2 is 1.76 bits per heavy atom. The van der Waals surface area contributed by atoms with E-state index in [-0.39, 0.29) is 11.6 Å². The summed E-state index contributed by atoms with van der Waals surface area (Å²) in [5.41, 5.74) is 8.25. The minimum Gasteiger partial charge on any atom is -0.272 e. The van der Waals surface area contributed by atoms with Crippen LogP contribution in [0.25, 0.3) is 11.8 Å². The summed E-state index contributed by atoms with van der Waals surface area (Å²) in [6.45, 7) is 2.10. The molecule has 1 aromatic heterocycles. The highest BCUT2D eigenvalue weighted by Gasteiger charge is 2.32. The Kier molecular flexibility index (Phi) is 5.39. The smallest absolute Gasteiger partial charge is 0.271 e. The normalized spacial score (nSPS) is 17.1. The molecule has 1 aliphatic heterocycles. The van der Waals surface area contributed by atoms with E-state index in [0.29, 0.717) is 0 Å². The number of aromatic nitrogens is 1. The van der Waals surface area contributed by atoms with E-state index in [4.69, 9.17) is 4.99 Å². The lowest BCUT2D eigenvalue weighted by molar-refractivity contribution is 0.585. The van der Waals surface area contributed by atoms with E-state index in [1.54, 1.807) is 11.8 Å². The molecule has 0 N–H and O–H groups in total. The topological polar surface area (TPSA) is 34.4 Å². The monoisotopic (exact) mass is 480 g/mol. The summed E-state index contributed by atoms with van der Waals surface area (Å²) in [5.74, 6) is 0. The van der Waals surface area contributed by atoms with Crippen molar-refractivity contribution in [2.24, 2.45) is 4.99 Å². The highest BCUT2D eigenvalue weighted by molar-refractivity contribution is 7.98. The number of fused-ring (bicyclic) bond motifs is 3. The van der Waals surface area contributed by atoms with Gasteiger partial charge in [-0.1, -0.05) is 77.6 Å². The molecule has 5 heteroatoms. The minimum atomic E-state index is -0.124. The molecule has 0 fully saturated rings. The van der Waals surface area contributed by atoms with Crippen LogP contribution in [0.15, 0.2) is 93.1 Å². The molecule has 1 unspecified atom stereocenters. The van der Waals surface area contributed by atoms with Gasteiger partial charge in [0.2, 0.25) is 0 Å². The van der Waals surface area contributed by atoms with Gasteiger partial charge < -0.3 is 0 Å². The van der Waals surface area contributed by atoms with E-state index in [1.165, 1.54) is 38.5 Å². The highest BCUT2D eigenvalue weighted by atomic mass is 32.2. The zero-order chi connectivity index (χ0) is 23.2. The molecule has 168 valence electrons. The number of hydrogen-bond donors (Lipinski definition) is 0. The molecule has 1 aliphatic carbocycles. The van der Waals surface area contributed by atoms with Crippen LogP contribution < -0.4 is 14.9 Å². The van der Waals surface area contributed by atoms with Gasteiger partial charge in [0.1, 0.15) is 0 Å². The second-order valence-electron chi connectivity index (χ2n) is 8.80. The van der Waals surface area contributed by atoms with E-state index in [2.05, 4.69) is 86.0 Å². The molecular formula is C29H24N2OS2. The van der Waals surface area contributed by atoms with Gasteiger partial charge >= 0.3 is 0 Å². The number of thiazole rings is 1. The first-order chi connectivity index (χ1) is 16.6. The maximum Gasteiger partial charge on any atom is 0.271 e. The van der Waals surface area contributed by atoms with Gasteiger partial charge in [-0.2, -0.15) is 0 Å². The first kappa shape index (κ1) is 21.4. The fraction of sp³-hybridized carbons (Fsp3) is 0.172. The average molecular weight is 481 g/mol. The highest BCUT2D eigenvalue weighted by Crippen LogP contribution is 2.41. The number of hydrogen-bond acceptors (Lipinski definition) is 4. The van der Waals surface area contributed by atoms with E-state index in [9.17, 15) is 4.79 Å². The van der Waals surface area contributed by atoms with E-state index in [1.807, 2.05) is 10.6 Å². The Morgan fingerprint density at radius 1 is 1.00 bits per heavy atom. The van der Waals surface area contributed by atoms with Crippen molar-refractivity contribution in [3.05, 3.63) is 126 Å². The Labute approximate surface area is 206 Å². The molecule has 0 spiro atoms. The van der Waals surface area contributed by atoms with Gasteiger partial charge in [-0.05, 0) is 66.5 Å². The minimum absolute atomic E-state index is 0.0358. The molecule has 3 nitrogen and oxygen atoms in total. The lowest BCUT2D eigenvalue weighted by Crippen LogP contribution is -2.38. The van der Waals surface area contributed by atoms with E-state index < -0.39 is 0 Å². The summed E-state index contributed by atoms with van der Waals surface area (Å²) in [7, 11) is 0. The number of thioether (sulfide) groups is 1. The van der Waals surface area contributed by atoms with Crippen LogP contribution >= 0.6 is 23.1 Å². The van der Waals surface area contributed by atoms with Crippen LogP contribution in [-0.4, -0.2) is 10.8 Å². The Bertz CT molecular complexity index is 1610. The molecule has 2 heterocycles. The van der Waals surface area contributed by atoms with Crippen molar-refractivity contribution in [1.29, 1.82) is 0 Å². The van der Waals surface area contributed by atoms with Crippen LogP contribution in [-0.2, 0) is 6.42 Å². The van der Waals surface area contributed by atoms with Crippen molar-refractivity contribution in [3.63, 3.8) is 0 Å². The maximum absolute atomic E-state index is 13.8. The van der Waals surface area contributed by atoms with Gasteiger partial charge in [-0.25, -0.2) is 4.99 Å². The second-order valence-corrected chi connectivity index (χ2v) is 10.7. The van der Waals surface area contributed by atoms with Gasteiger partial charge in [-0.15, -0.1) is 11.8 Å². The van der Waals surface area contributed by atoms with Gasteiger partial charge in [0, 0.05) is 10.5 Å². The molecule has 1 atom stereocenters. The quantitative estimate of drug-likeness (QED) is 0.371. The van der Waals surface area contributed by atoms with Crippen molar-refractivity contribution in [3.8, 4) is 0 Å². The SMILES string of the molecule is CSc1ccc(/C=c2\sc3n(c2=O)C(c2ccc(C)cc2)C2=C(N=3)c3ccccc3CC2)cc1. The lowest BCUT2D eigenvalue weighted by Gasteiger charge is -2.30. The van der Waals surface area contributed by atoms with Crippen LogP contribution in [0.3, 0.4) is 0 Å². The average Bonchev–Trinajstić information content (AvgIpc) is 3.18. The number of benzene rings is 3.